The summed E-state index contributed by atoms with van der Waals surface area (Å²) in [5.74, 6) is -1.96. The molecule has 68 heavy (non-hydrogen) atoms. The van der Waals surface area contributed by atoms with E-state index in [4.69, 9.17) is 18.9 Å². The van der Waals surface area contributed by atoms with Gasteiger partial charge in [-0.3, -0.25) is 14.1 Å². The van der Waals surface area contributed by atoms with E-state index in [-0.39, 0.29) is 19.4 Å². The van der Waals surface area contributed by atoms with E-state index in [2.05, 4.69) is 26.0 Å². The van der Waals surface area contributed by atoms with E-state index in [9.17, 15) is 37.9 Å². The average Bonchev–Trinajstić information content (AvgIpc) is 3.31. The summed E-state index contributed by atoms with van der Waals surface area (Å²) in [5.41, 5.74) is 0. The van der Waals surface area contributed by atoms with Crippen LogP contribution in [0.2, 0.25) is 0 Å². The molecule has 1 fully saturated rings. The molecule has 1 heterocycles. The predicted octanol–water partition coefficient (Wildman–Crippen LogP) is 13.4. The molecule has 0 amide bonds. The zero-order valence-corrected chi connectivity index (χ0v) is 44.3. The first-order valence-corrected chi connectivity index (χ1v) is 29.9. The van der Waals surface area contributed by atoms with E-state index in [0.717, 1.165) is 38.5 Å². The maximum absolute atomic E-state index is 12.9. The molecule has 1 aliphatic heterocycles. The van der Waals surface area contributed by atoms with Crippen LogP contribution >= 0.6 is 0 Å². The lowest BCUT2D eigenvalue weighted by atomic mass is 10.00. The molecule has 1 saturated heterocycles. The van der Waals surface area contributed by atoms with Crippen molar-refractivity contribution in [2.24, 2.45) is 0 Å². The van der Waals surface area contributed by atoms with Crippen molar-refractivity contribution in [3.05, 3.63) is 12.2 Å². The van der Waals surface area contributed by atoms with Crippen LogP contribution in [0.3, 0.4) is 0 Å². The number of hydrogen-bond acceptors (Lipinski definition) is 11. The van der Waals surface area contributed by atoms with Crippen LogP contribution in [0.25, 0.3) is 0 Å². The number of hydrogen-bond donors (Lipinski definition) is 4. The molecule has 1 aliphatic rings. The molecule has 4 N–H and O–H groups in total. The maximum Gasteiger partial charge on any atom is 0.306 e. The van der Waals surface area contributed by atoms with Gasteiger partial charge in [0.15, 0.2) is 12.4 Å². The number of carbonyl (C=O) groups excluding carboxylic acids is 2. The summed E-state index contributed by atoms with van der Waals surface area (Å²) in [6.07, 6.45) is 42.5. The van der Waals surface area contributed by atoms with Crippen molar-refractivity contribution in [3.8, 4) is 0 Å². The Balaban J connectivity index is 2.31. The minimum absolute atomic E-state index is 0.167. The first-order chi connectivity index (χ1) is 33.0. The molecule has 0 radical (unpaired) electrons. The van der Waals surface area contributed by atoms with Crippen LogP contribution in [-0.2, 0) is 38.7 Å². The normalized spacial score (nSPS) is 19.2. The maximum atomic E-state index is 12.9. The Morgan fingerprint density at radius 3 is 1.22 bits per heavy atom. The lowest BCUT2D eigenvalue weighted by Gasteiger charge is -2.40. The minimum atomic E-state index is -4.60. The molecule has 0 saturated carbocycles. The summed E-state index contributed by atoms with van der Waals surface area (Å²) in [4.78, 5) is 25.6. The van der Waals surface area contributed by atoms with Gasteiger partial charge in [-0.2, -0.15) is 8.42 Å². The van der Waals surface area contributed by atoms with Crippen LogP contribution < -0.4 is 0 Å². The van der Waals surface area contributed by atoms with Gasteiger partial charge in [0.1, 0.15) is 36.8 Å². The Bertz CT molecular complexity index is 1300. The Morgan fingerprint density at radius 2 is 0.838 bits per heavy atom. The molecule has 0 aromatic heterocycles. The molecule has 13 heteroatoms. The van der Waals surface area contributed by atoms with Crippen LogP contribution in [0.1, 0.15) is 271 Å². The lowest BCUT2D eigenvalue weighted by molar-refractivity contribution is -0.297. The number of esters is 2. The van der Waals surface area contributed by atoms with Crippen LogP contribution in [0.4, 0.5) is 0 Å². The highest BCUT2D eigenvalue weighted by molar-refractivity contribution is 7.85. The van der Waals surface area contributed by atoms with Crippen molar-refractivity contribution in [1.82, 2.24) is 0 Å². The fourth-order valence-corrected chi connectivity index (χ4v) is 9.66. The molecule has 1 rings (SSSR count). The van der Waals surface area contributed by atoms with Gasteiger partial charge in [-0.25, -0.2) is 0 Å². The summed E-state index contributed by atoms with van der Waals surface area (Å²) < 4.78 is 54.4. The number of ether oxygens (including phenoxy) is 4. The third-order valence-corrected chi connectivity index (χ3v) is 14.1. The Kier molecular flexibility index (Phi) is 42.9. The summed E-state index contributed by atoms with van der Waals surface area (Å²) >= 11 is 0. The molecule has 6 atom stereocenters. The van der Waals surface area contributed by atoms with Gasteiger partial charge in [0.25, 0.3) is 10.1 Å². The van der Waals surface area contributed by atoms with Crippen LogP contribution in [-0.4, -0.2) is 96.0 Å². The monoisotopic (exact) mass is 989 g/mol. The van der Waals surface area contributed by atoms with Gasteiger partial charge >= 0.3 is 11.9 Å². The average molecular weight is 989 g/mol. The largest absolute Gasteiger partial charge is 0.462 e. The highest BCUT2D eigenvalue weighted by Crippen LogP contribution is 2.24. The summed E-state index contributed by atoms with van der Waals surface area (Å²) in [5, 5.41) is 31.0. The standard InChI is InChI=1S/C55H104O12S/c1-3-5-7-9-11-13-15-17-19-21-23-24-26-27-29-31-33-35-37-39-41-43-50(56)64-45-48(46-65-55-54(60)53(59)52(58)49(67-55)47-68(61,62)63)66-51(57)44-42-40-38-36-34-32-30-28-25-22-20-18-16-14-12-10-8-6-4-2/h18,20,48-49,52-55,58-60H,3-17,19,21-47H2,1-2H3,(H,61,62,63)/b20-18-. The predicted molar refractivity (Wildman–Crippen MR) is 275 cm³/mol. The first-order valence-electron chi connectivity index (χ1n) is 28.2. The van der Waals surface area contributed by atoms with Crippen molar-refractivity contribution in [2.45, 2.75) is 307 Å². The number of allylic oxidation sites excluding steroid dienone is 2. The van der Waals surface area contributed by atoms with Crippen LogP contribution in [0, 0.1) is 0 Å². The van der Waals surface area contributed by atoms with Crippen molar-refractivity contribution >= 4 is 22.1 Å². The molecule has 0 bridgehead atoms. The molecular weight excluding hydrogens is 885 g/mol. The van der Waals surface area contributed by atoms with Gasteiger partial charge < -0.3 is 34.3 Å². The molecule has 0 aromatic rings. The zero-order chi connectivity index (χ0) is 49.8. The zero-order valence-electron chi connectivity index (χ0n) is 43.5. The van der Waals surface area contributed by atoms with E-state index in [1.54, 1.807) is 0 Å². The number of aliphatic hydroxyl groups excluding tert-OH is 3. The quantitative estimate of drug-likeness (QED) is 0.0196. The summed E-state index contributed by atoms with van der Waals surface area (Å²) in [7, 11) is -4.60. The molecule has 0 aromatic carbocycles. The van der Waals surface area contributed by atoms with E-state index >= 15 is 0 Å². The molecule has 0 spiro atoms. The van der Waals surface area contributed by atoms with Crippen molar-refractivity contribution in [3.63, 3.8) is 0 Å². The fraction of sp³-hybridized carbons (Fsp3) is 0.927. The van der Waals surface area contributed by atoms with Crippen molar-refractivity contribution in [1.29, 1.82) is 0 Å². The van der Waals surface area contributed by atoms with Gasteiger partial charge in [-0.15, -0.1) is 0 Å². The Hall–Kier alpha value is -1.61. The van der Waals surface area contributed by atoms with Gasteiger partial charge in [0.05, 0.1) is 6.61 Å². The summed E-state index contributed by atoms with van der Waals surface area (Å²) in [6.45, 7) is 3.82. The van der Waals surface area contributed by atoms with Crippen molar-refractivity contribution < 1.29 is 56.8 Å². The molecule has 402 valence electrons. The number of rotatable bonds is 49. The van der Waals surface area contributed by atoms with E-state index in [1.807, 2.05) is 0 Å². The van der Waals surface area contributed by atoms with Crippen molar-refractivity contribution in [2.75, 3.05) is 19.0 Å². The second-order valence-corrected chi connectivity index (χ2v) is 21.5. The smallest absolute Gasteiger partial charge is 0.306 e. The fourth-order valence-electron chi connectivity index (χ4n) is 8.97. The van der Waals surface area contributed by atoms with E-state index in [0.29, 0.717) is 12.8 Å². The van der Waals surface area contributed by atoms with Gasteiger partial charge in [-0.1, -0.05) is 231 Å². The highest BCUT2D eigenvalue weighted by Gasteiger charge is 2.46. The molecular formula is C55H104O12S. The van der Waals surface area contributed by atoms with E-state index < -0.39 is 71.2 Å². The van der Waals surface area contributed by atoms with Gasteiger partial charge in [0.2, 0.25) is 0 Å². The van der Waals surface area contributed by atoms with Crippen LogP contribution in [0.5, 0.6) is 0 Å². The van der Waals surface area contributed by atoms with Gasteiger partial charge in [-0.05, 0) is 38.5 Å². The van der Waals surface area contributed by atoms with E-state index in [1.165, 1.54) is 193 Å². The molecule has 6 unspecified atom stereocenters. The summed E-state index contributed by atoms with van der Waals surface area (Å²) in [6, 6.07) is 0. The third-order valence-electron chi connectivity index (χ3n) is 13.3. The Labute approximate surface area is 416 Å². The second-order valence-electron chi connectivity index (χ2n) is 20.0. The number of aliphatic hydroxyl groups is 3. The number of unbranched alkanes of at least 4 members (excludes halogenated alkanes) is 35. The lowest BCUT2D eigenvalue weighted by Crippen LogP contribution is -2.60. The van der Waals surface area contributed by atoms with Gasteiger partial charge in [0, 0.05) is 12.8 Å². The molecule has 0 aliphatic carbocycles. The number of carbonyl (C=O) groups is 2. The molecule has 12 nitrogen and oxygen atoms in total. The SMILES string of the molecule is CCCCCCCC/C=C\CCCCCCCCCCCC(=O)OC(COC(=O)CCCCCCCCCCCCCCCCCCCCCCC)COC1OC(CS(=O)(=O)O)C(O)C(O)C1O. The first kappa shape index (κ1) is 64.4. The minimum Gasteiger partial charge on any atom is -0.462 e. The third kappa shape index (κ3) is 39.1. The van der Waals surface area contributed by atoms with Crippen LogP contribution in [0.15, 0.2) is 12.2 Å². The topological polar surface area (TPSA) is 186 Å². The Morgan fingerprint density at radius 1 is 0.485 bits per heavy atom. The highest BCUT2D eigenvalue weighted by atomic mass is 32.2. The second kappa shape index (κ2) is 45.3.